The first-order chi connectivity index (χ1) is 7.47. The predicted molar refractivity (Wildman–Crippen MR) is 63.1 cm³/mol. The van der Waals surface area contributed by atoms with Crippen molar-refractivity contribution in [3.8, 4) is 6.07 Å². The Bertz CT molecular complexity index is 515. The highest BCUT2D eigenvalue weighted by molar-refractivity contribution is 6.51. The first-order valence-corrected chi connectivity index (χ1v) is 5.16. The van der Waals surface area contributed by atoms with E-state index in [1.807, 2.05) is 0 Å². The maximum Gasteiger partial charge on any atom is 0.171 e. The second-order valence-corrected chi connectivity index (χ2v) is 3.94. The van der Waals surface area contributed by atoms with Crippen LogP contribution in [0.1, 0.15) is 18.1 Å². The maximum absolute atomic E-state index is 11.2. The van der Waals surface area contributed by atoms with E-state index in [9.17, 15) is 4.79 Å². The van der Waals surface area contributed by atoms with Crippen LogP contribution in [0.2, 0.25) is 5.15 Å². The minimum absolute atomic E-state index is 0.0768. The third kappa shape index (κ3) is 2.60. The second-order valence-electron chi connectivity index (χ2n) is 3.18. The van der Waals surface area contributed by atoms with Gasteiger partial charge in [-0.05, 0) is 25.5 Å². The molecule has 0 unspecified atom stereocenters. The zero-order chi connectivity index (χ0) is 12.3. The van der Waals surface area contributed by atoms with Crippen LogP contribution in [-0.2, 0) is 4.79 Å². The topological polar surface area (TPSA) is 53.8 Å². The van der Waals surface area contributed by atoms with Crippen LogP contribution in [0.15, 0.2) is 17.8 Å². The molecule has 0 radical (unpaired) electrons. The molecule has 0 saturated heterocycles. The molecule has 1 heterocycles. The molecule has 3 nitrogen and oxygen atoms in total. The third-order valence-electron chi connectivity index (χ3n) is 1.99. The van der Waals surface area contributed by atoms with Gasteiger partial charge in [-0.2, -0.15) is 5.26 Å². The highest BCUT2D eigenvalue weighted by Gasteiger charge is 2.13. The predicted octanol–water partition coefficient (Wildman–Crippen LogP) is 3.11. The summed E-state index contributed by atoms with van der Waals surface area (Å²) in [6.45, 7) is 3.06. The van der Waals surface area contributed by atoms with E-state index in [2.05, 4.69) is 4.98 Å². The Morgan fingerprint density at radius 3 is 2.69 bits per heavy atom. The minimum atomic E-state index is -0.375. The molecule has 0 aliphatic rings. The molecule has 82 valence electrons. The van der Waals surface area contributed by atoms with Crippen molar-refractivity contribution in [2.75, 3.05) is 0 Å². The highest BCUT2D eigenvalue weighted by atomic mass is 35.5. The van der Waals surface area contributed by atoms with Gasteiger partial charge in [0.2, 0.25) is 0 Å². The molecule has 0 aliphatic carbocycles. The number of carbonyl (C=O) groups is 1. The fourth-order valence-electron chi connectivity index (χ4n) is 1.15. The number of allylic oxidation sites excluding steroid dienone is 1. The zero-order valence-electron chi connectivity index (χ0n) is 8.71. The number of hydrogen-bond acceptors (Lipinski definition) is 3. The number of ketones is 1. The van der Waals surface area contributed by atoms with Crippen LogP contribution in [0, 0.1) is 18.3 Å². The number of aryl methyl sites for hydroxylation is 1. The van der Waals surface area contributed by atoms with Crippen molar-refractivity contribution in [2.45, 2.75) is 13.8 Å². The summed E-state index contributed by atoms with van der Waals surface area (Å²) in [5.41, 5.74) is 1.23. The molecule has 0 aliphatic heterocycles. The molecule has 0 N–H and O–H groups in total. The summed E-state index contributed by atoms with van der Waals surface area (Å²) in [5.74, 6) is -0.375. The molecule has 0 saturated carbocycles. The Labute approximate surface area is 103 Å². The monoisotopic (exact) mass is 254 g/mol. The SMILES string of the molecule is CC(=O)/C(C#N)=C(/Cl)c1cc(Cl)ncc1C. The second kappa shape index (κ2) is 5.11. The Morgan fingerprint density at radius 2 is 2.19 bits per heavy atom. The van der Waals surface area contributed by atoms with E-state index in [4.69, 9.17) is 28.5 Å². The van der Waals surface area contributed by atoms with E-state index in [1.165, 1.54) is 19.2 Å². The van der Waals surface area contributed by atoms with Gasteiger partial charge in [0, 0.05) is 11.8 Å². The number of carbonyl (C=O) groups excluding carboxylic acids is 1. The molecule has 0 aromatic carbocycles. The van der Waals surface area contributed by atoms with Crippen LogP contribution < -0.4 is 0 Å². The number of pyridine rings is 1. The molecule has 1 rings (SSSR count). The number of rotatable bonds is 2. The zero-order valence-corrected chi connectivity index (χ0v) is 10.2. The van der Waals surface area contributed by atoms with Gasteiger partial charge < -0.3 is 0 Å². The van der Waals surface area contributed by atoms with Crippen molar-refractivity contribution in [3.63, 3.8) is 0 Å². The number of aromatic nitrogens is 1. The molecule has 5 heteroatoms. The largest absolute Gasteiger partial charge is 0.294 e. The quantitative estimate of drug-likeness (QED) is 0.463. The summed E-state index contributed by atoms with van der Waals surface area (Å²) in [7, 11) is 0. The van der Waals surface area contributed by atoms with Crippen molar-refractivity contribution >= 4 is 34.0 Å². The standard InChI is InChI=1S/C11H8Cl2N2O/c1-6-5-15-10(12)3-8(6)11(13)9(4-14)7(2)16/h3,5H,1-2H3/b11-9+. The van der Waals surface area contributed by atoms with Gasteiger partial charge in [0.05, 0.1) is 5.03 Å². The van der Waals surface area contributed by atoms with Gasteiger partial charge in [0.1, 0.15) is 16.8 Å². The number of Topliss-reactive ketones (excluding diaryl/α,β-unsaturated/α-hetero) is 1. The molecular formula is C11H8Cl2N2O. The average molecular weight is 255 g/mol. The van der Waals surface area contributed by atoms with Crippen LogP contribution in [-0.4, -0.2) is 10.8 Å². The van der Waals surface area contributed by atoms with Crippen LogP contribution in [0.5, 0.6) is 0 Å². The molecule has 1 aromatic heterocycles. The van der Waals surface area contributed by atoms with Gasteiger partial charge in [0.25, 0.3) is 0 Å². The van der Waals surface area contributed by atoms with Gasteiger partial charge in [-0.1, -0.05) is 23.2 Å². The van der Waals surface area contributed by atoms with E-state index in [0.717, 1.165) is 5.56 Å². The number of halogens is 2. The lowest BCUT2D eigenvalue weighted by Gasteiger charge is -2.05. The van der Waals surface area contributed by atoms with Gasteiger partial charge in [-0.15, -0.1) is 0 Å². The molecule has 1 aromatic rings. The van der Waals surface area contributed by atoms with Gasteiger partial charge in [-0.3, -0.25) is 4.79 Å². The number of hydrogen-bond donors (Lipinski definition) is 0. The Balaban J connectivity index is 3.44. The molecular weight excluding hydrogens is 247 g/mol. The van der Waals surface area contributed by atoms with Crippen LogP contribution >= 0.6 is 23.2 Å². The van der Waals surface area contributed by atoms with E-state index in [0.29, 0.717) is 5.56 Å². The van der Waals surface area contributed by atoms with Crippen LogP contribution in [0.3, 0.4) is 0 Å². The smallest absolute Gasteiger partial charge is 0.171 e. The van der Waals surface area contributed by atoms with Gasteiger partial charge in [-0.25, -0.2) is 4.98 Å². The van der Waals surface area contributed by atoms with Crippen molar-refractivity contribution in [2.24, 2.45) is 0 Å². The fraction of sp³-hybridized carbons (Fsp3) is 0.182. The molecule has 0 atom stereocenters. The molecule has 0 fully saturated rings. The van der Waals surface area contributed by atoms with Crippen LogP contribution in [0.25, 0.3) is 5.03 Å². The summed E-state index contributed by atoms with van der Waals surface area (Å²) >= 11 is 11.7. The summed E-state index contributed by atoms with van der Waals surface area (Å²) in [4.78, 5) is 15.0. The van der Waals surface area contributed by atoms with Gasteiger partial charge in [0.15, 0.2) is 5.78 Å². The summed E-state index contributed by atoms with van der Waals surface area (Å²) in [6.07, 6.45) is 1.54. The van der Waals surface area contributed by atoms with Crippen molar-refractivity contribution in [1.29, 1.82) is 5.26 Å². The lowest BCUT2D eigenvalue weighted by atomic mass is 10.1. The minimum Gasteiger partial charge on any atom is -0.294 e. The molecule has 0 amide bonds. The highest BCUT2D eigenvalue weighted by Crippen LogP contribution is 2.27. The fourth-order valence-corrected chi connectivity index (χ4v) is 1.69. The third-order valence-corrected chi connectivity index (χ3v) is 2.59. The molecule has 0 bridgehead atoms. The van der Waals surface area contributed by atoms with E-state index < -0.39 is 0 Å². The Morgan fingerprint density at radius 1 is 1.56 bits per heavy atom. The summed E-state index contributed by atoms with van der Waals surface area (Å²) < 4.78 is 0. The van der Waals surface area contributed by atoms with Crippen LogP contribution in [0.4, 0.5) is 0 Å². The maximum atomic E-state index is 11.2. The number of nitrogens with zero attached hydrogens (tertiary/aromatic N) is 2. The van der Waals surface area contributed by atoms with E-state index in [1.54, 1.807) is 13.0 Å². The first-order valence-electron chi connectivity index (χ1n) is 4.40. The van der Waals surface area contributed by atoms with Crippen molar-refractivity contribution in [3.05, 3.63) is 34.1 Å². The molecule has 0 spiro atoms. The lowest BCUT2D eigenvalue weighted by molar-refractivity contribution is -0.113. The Kier molecular flexibility index (Phi) is 4.05. The average Bonchev–Trinajstić information content (AvgIpc) is 2.22. The van der Waals surface area contributed by atoms with Gasteiger partial charge >= 0.3 is 0 Å². The lowest BCUT2D eigenvalue weighted by Crippen LogP contribution is -1.98. The van der Waals surface area contributed by atoms with Crippen molar-refractivity contribution < 1.29 is 4.79 Å². The normalized spacial score (nSPS) is 11.7. The summed E-state index contributed by atoms with van der Waals surface area (Å²) in [6, 6.07) is 3.31. The Hall–Kier alpha value is -1.37. The number of nitriles is 1. The summed E-state index contributed by atoms with van der Waals surface area (Å²) in [5, 5.41) is 9.20. The van der Waals surface area contributed by atoms with E-state index in [-0.39, 0.29) is 21.5 Å². The van der Waals surface area contributed by atoms with Crippen molar-refractivity contribution in [1.82, 2.24) is 4.98 Å². The van der Waals surface area contributed by atoms with E-state index >= 15 is 0 Å². The molecule has 16 heavy (non-hydrogen) atoms. The first kappa shape index (κ1) is 12.7.